The van der Waals surface area contributed by atoms with Gasteiger partial charge >= 0.3 is 0 Å². The number of ether oxygens (including phenoxy) is 2. The van der Waals surface area contributed by atoms with E-state index in [2.05, 4.69) is 0 Å². The number of carbonyl (C=O) groups excluding carboxylic acids is 2. The maximum atomic E-state index is 13.6. The van der Waals surface area contributed by atoms with Crippen LogP contribution in [0.15, 0.2) is 48.0 Å². The number of hydrogen-bond acceptors (Lipinski definition) is 5. The van der Waals surface area contributed by atoms with Crippen LogP contribution in [0.5, 0.6) is 5.75 Å². The van der Waals surface area contributed by atoms with Gasteiger partial charge in [-0.3, -0.25) is 9.59 Å². The number of likely N-dealkylation sites (tertiary alicyclic amines) is 1. The topological polar surface area (TPSA) is 80.5 Å². The van der Waals surface area contributed by atoms with Gasteiger partial charge in [0.05, 0.1) is 45.0 Å². The molecular formula is C25H28FN2O5+. The van der Waals surface area contributed by atoms with Crippen molar-refractivity contribution in [2.45, 2.75) is 13.0 Å². The minimum Gasteiger partial charge on any atom is -0.507 e. The third kappa shape index (κ3) is 4.62. The van der Waals surface area contributed by atoms with Gasteiger partial charge in [0.2, 0.25) is 0 Å². The van der Waals surface area contributed by atoms with Gasteiger partial charge in [-0.15, -0.1) is 0 Å². The molecule has 2 aliphatic heterocycles. The number of morpholine rings is 1. The molecular weight excluding hydrogens is 427 g/mol. The van der Waals surface area contributed by atoms with E-state index < -0.39 is 23.5 Å². The fourth-order valence-electron chi connectivity index (χ4n) is 4.46. The Morgan fingerprint density at radius 1 is 1.18 bits per heavy atom. The summed E-state index contributed by atoms with van der Waals surface area (Å²) in [5.74, 6) is -1.45. The van der Waals surface area contributed by atoms with Crippen LogP contribution in [0.1, 0.15) is 22.7 Å². The summed E-state index contributed by atoms with van der Waals surface area (Å²) in [7, 11) is 1.55. The van der Waals surface area contributed by atoms with Crippen LogP contribution in [0.25, 0.3) is 5.76 Å². The highest BCUT2D eigenvalue weighted by Crippen LogP contribution is 2.39. The van der Waals surface area contributed by atoms with Crippen LogP contribution < -0.4 is 9.64 Å². The summed E-state index contributed by atoms with van der Waals surface area (Å²) in [5.41, 5.74) is 1.73. The summed E-state index contributed by atoms with van der Waals surface area (Å²) in [6.45, 7) is 5.75. The van der Waals surface area contributed by atoms with Crippen LogP contribution in [0.4, 0.5) is 4.39 Å². The van der Waals surface area contributed by atoms with Crippen molar-refractivity contribution in [2.24, 2.45) is 0 Å². The van der Waals surface area contributed by atoms with Crippen molar-refractivity contribution < 1.29 is 33.5 Å². The van der Waals surface area contributed by atoms with Gasteiger partial charge in [-0.25, -0.2) is 4.39 Å². The molecule has 33 heavy (non-hydrogen) atoms. The SMILES string of the molecule is COc1ccc(C(O)=C2C(=O)C(=O)N(CC[NH+]3CCOCC3)C2c2ccc(F)cc2)c(C)c1. The minimum absolute atomic E-state index is 0.0110. The first-order chi connectivity index (χ1) is 15.9. The number of aryl methyl sites for hydroxylation is 1. The van der Waals surface area contributed by atoms with Crippen LogP contribution in [0.2, 0.25) is 0 Å². The molecule has 1 amide bonds. The van der Waals surface area contributed by atoms with Crippen molar-refractivity contribution >= 4 is 17.4 Å². The summed E-state index contributed by atoms with van der Waals surface area (Å²) in [6.07, 6.45) is 0. The quantitative estimate of drug-likeness (QED) is 0.392. The van der Waals surface area contributed by atoms with Crippen molar-refractivity contribution in [3.8, 4) is 5.75 Å². The molecule has 2 saturated heterocycles. The van der Waals surface area contributed by atoms with E-state index in [-0.39, 0.29) is 11.3 Å². The Morgan fingerprint density at radius 2 is 1.88 bits per heavy atom. The molecule has 0 spiro atoms. The van der Waals surface area contributed by atoms with E-state index in [1.54, 1.807) is 44.4 Å². The van der Waals surface area contributed by atoms with Crippen LogP contribution in [0.3, 0.4) is 0 Å². The fourth-order valence-corrected chi connectivity index (χ4v) is 4.46. The highest BCUT2D eigenvalue weighted by atomic mass is 19.1. The van der Waals surface area contributed by atoms with Gasteiger partial charge < -0.3 is 24.4 Å². The van der Waals surface area contributed by atoms with Gasteiger partial charge in [-0.05, 0) is 48.4 Å². The molecule has 2 aromatic rings. The molecule has 0 saturated carbocycles. The Balaban J connectivity index is 1.75. The molecule has 2 heterocycles. The van der Waals surface area contributed by atoms with Crippen molar-refractivity contribution in [1.29, 1.82) is 0 Å². The molecule has 4 rings (SSSR count). The van der Waals surface area contributed by atoms with E-state index in [0.717, 1.165) is 13.1 Å². The normalized spacial score (nSPS) is 20.9. The molecule has 2 fully saturated rings. The monoisotopic (exact) mass is 455 g/mol. The van der Waals surface area contributed by atoms with Gasteiger partial charge in [-0.2, -0.15) is 0 Å². The van der Waals surface area contributed by atoms with E-state index in [0.29, 0.717) is 48.7 Å². The van der Waals surface area contributed by atoms with E-state index in [1.807, 2.05) is 0 Å². The second-order valence-corrected chi connectivity index (χ2v) is 8.34. The van der Waals surface area contributed by atoms with E-state index >= 15 is 0 Å². The lowest BCUT2D eigenvalue weighted by molar-refractivity contribution is -0.907. The number of methoxy groups -OCH3 is 1. The largest absolute Gasteiger partial charge is 0.507 e. The number of aliphatic hydroxyl groups is 1. The van der Waals surface area contributed by atoms with Gasteiger partial charge in [0, 0.05) is 5.56 Å². The molecule has 7 nitrogen and oxygen atoms in total. The third-order valence-electron chi connectivity index (χ3n) is 6.32. The maximum Gasteiger partial charge on any atom is 0.295 e. The zero-order valence-electron chi connectivity index (χ0n) is 18.8. The number of nitrogens with zero attached hydrogens (tertiary/aromatic N) is 1. The van der Waals surface area contributed by atoms with Crippen molar-refractivity contribution in [1.82, 2.24) is 4.90 Å². The molecule has 2 aliphatic rings. The number of carbonyl (C=O) groups is 2. The summed E-state index contributed by atoms with van der Waals surface area (Å²) < 4.78 is 24.2. The third-order valence-corrected chi connectivity index (χ3v) is 6.32. The molecule has 1 atom stereocenters. The zero-order chi connectivity index (χ0) is 23.5. The molecule has 8 heteroatoms. The highest BCUT2D eigenvalue weighted by Gasteiger charge is 2.46. The van der Waals surface area contributed by atoms with Gasteiger partial charge in [0.25, 0.3) is 11.7 Å². The first-order valence-corrected chi connectivity index (χ1v) is 11.0. The number of aliphatic hydroxyl groups excluding tert-OH is 1. The van der Waals surface area contributed by atoms with E-state index in [1.165, 1.54) is 21.9 Å². The van der Waals surface area contributed by atoms with Crippen LogP contribution in [-0.2, 0) is 14.3 Å². The number of nitrogens with one attached hydrogen (secondary N) is 1. The van der Waals surface area contributed by atoms with Crippen LogP contribution in [-0.4, -0.2) is 68.2 Å². The molecule has 0 radical (unpaired) electrons. The van der Waals surface area contributed by atoms with Gasteiger partial charge in [0.15, 0.2) is 0 Å². The summed E-state index contributed by atoms with van der Waals surface area (Å²) in [6, 6.07) is 9.99. The Bertz CT molecular complexity index is 1080. The van der Waals surface area contributed by atoms with Crippen LogP contribution in [0, 0.1) is 12.7 Å². The summed E-state index contributed by atoms with van der Waals surface area (Å²) >= 11 is 0. The highest BCUT2D eigenvalue weighted by molar-refractivity contribution is 6.46. The molecule has 1 unspecified atom stereocenters. The van der Waals surface area contributed by atoms with Crippen molar-refractivity contribution in [3.63, 3.8) is 0 Å². The number of amides is 1. The number of halogens is 1. The Hall–Kier alpha value is -3.23. The molecule has 174 valence electrons. The standard InChI is InChI=1S/C25H27FN2O5/c1-16-15-19(32-2)7-8-20(16)23(29)21-22(17-3-5-18(26)6-4-17)28(25(31)24(21)30)10-9-27-11-13-33-14-12-27/h3-8,15,22,29H,9-14H2,1-2H3/p+1. The molecule has 0 aliphatic carbocycles. The van der Waals surface area contributed by atoms with Crippen LogP contribution >= 0.6 is 0 Å². The number of Topliss-reactive ketones (excluding diaryl/α,β-unsaturated/α-hetero) is 1. The second kappa shape index (κ2) is 9.72. The number of benzene rings is 2. The first-order valence-electron chi connectivity index (χ1n) is 11.0. The Morgan fingerprint density at radius 3 is 2.52 bits per heavy atom. The maximum absolute atomic E-state index is 13.6. The van der Waals surface area contributed by atoms with Gasteiger partial charge in [0.1, 0.15) is 30.4 Å². The second-order valence-electron chi connectivity index (χ2n) is 8.34. The molecule has 2 aromatic carbocycles. The first kappa shape index (κ1) is 22.9. The zero-order valence-corrected chi connectivity index (χ0v) is 18.8. The average Bonchev–Trinajstić information content (AvgIpc) is 3.08. The lowest BCUT2D eigenvalue weighted by atomic mass is 9.94. The number of quaternary nitrogens is 1. The molecule has 0 aromatic heterocycles. The number of hydrogen-bond donors (Lipinski definition) is 2. The Labute approximate surface area is 192 Å². The lowest BCUT2D eigenvalue weighted by Crippen LogP contribution is -3.14. The lowest BCUT2D eigenvalue weighted by Gasteiger charge is -2.29. The fraction of sp³-hybridized carbons (Fsp3) is 0.360. The van der Waals surface area contributed by atoms with Gasteiger partial charge in [-0.1, -0.05) is 12.1 Å². The van der Waals surface area contributed by atoms with Crippen molar-refractivity contribution in [3.05, 3.63) is 70.5 Å². The summed E-state index contributed by atoms with van der Waals surface area (Å²) in [4.78, 5) is 29.0. The smallest absolute Gasteiger partial charge is 0.295 e. The summed E-state index contributed by atoms with van der Waals surface area (Å²) in [5, 5.41) is 11.2. The van der Waals surface area contributed by atoms with E-state index in [4.69, 9.17) is 9.47 Å². The number of rotatable bonds is 6. The Kier molecular flexibility index (Phi) is 6.76. The average molecular weight is 456 g/mol. The minimum atomic E-state index is -0.799. The predicted octanol–water partition coefficient (Wildman–Crippen LogP) is 1.48. The van der Waals surface area contributed by atoms with Crippen molar-refractivity contribution in [2.75, 3.05) is 46.5 Å². The van der Waals surface area contributed by atoms with E-state index in [9.17, 15) is 19.1 Å². The number of ketones is 1. The molecule has 0 bridgehead atoms. The predicted molar refractivity (Wildman–Crippen MR) is 120 cm³/mol. The molecule has 2 N–H and O–H groups in total.